The van der Waals surface area contributed by atoms with Crippen molar-refractivity contribution in [3.05, 3.63) is 6.66 Å². The van der Waals surface area contributed by atoms with Crippen molar-refractivity contribution in [2.45, 2.75) is 52.1 Å². The van der Waals surface area contributed by atoms with E-state index < -0.39 is 13.6 Å². The highest BCUT2D eigenvalue weighted by atomic mass is 31.2. The molecule has 0 aromatic carbocycles. The molecule has 6 heteroatoms. The average Bonchev–Trinajstić information content (AvgIpc) is 2.12. The Morgan fingerprint density at radius 1 is 1.35 bits per heavy atom. The molecule has 2 unspecified atom stereocenters. The topological polar surface area (TPSA) is 83.8 Å². The van der Waals surface area contributed by atoms with Crippen LogP contribution in [-0.2, 0) is 13.9 Å². The Bertz CT molecular complexity index is 271. The van der Waals surface area contributed by atoms with Crippen LogP contribution in [0, 0.1) is 12.6 Å². The third-order valence-corrected chi connectivity index (χ3v) is 3.02. The predicted octanol–water partition coefficient (Wildman–Crippen LogP) is 3.04. The van der Waals surface area contributed by atoms with Crippen molar-refractivity contribution in [2.24, 2.45) is 5.92 Å². The Morgan fingerprint density at radius 2 is 1.94 bits per heavy atom. The number of hydrogen-bond acceptors (Lipinski definition) is 3. The van der Waals surface area contributed by atoms with Crippen molar-refractivity contribution in [1.29, 1.82) is 0 Å². The van der Waals surface area contributed by atoms with Crippen LogP contribution in [0.5, 0.6) is 0 Å². The number of hydrogen-bond donors (Lipinski definition) is 2. The zero-order valence-corrected chi connectivity index (χ0v) is 11.4. The summed E-state index contributed by atoms with van der Waals surface area (Å²) in [7, 11) is -3.69. The van der Waals surface area contributed by atoms with E-state index in [0.717, 1.165) is 12.8 Å². The van der Waals surface area contributed by atoms with Crippen LogP contribution in [-0.4, -0.2) is 22.1 Å². The molecule has 0 fully saturated rings. The molecule has 0 saturated heterocycles. The lowest BCUT2D eigenvalue weighted by molar-refractivity contribution is -0.137. The second kappa shape index (κ2) is 7.85. The molecule has 0 aliphatic rings. The molecule has 17 heavy (non-hydrogen) atoms. The van der Waals surface area contributed by atoms with Gasteiger partial charge < -0.3 is 14.5 Å². The van der Waals surface area contributed by atoms with Crippen molar-refractivity contribution in [1.82, 2.24) is 0 Å². The van der Waals surface area contributed by atoms with E-state index in [1.807, 2.05) is 13.8 Å². The van der Waals surface area contributed by atoms with E-state index in [-0.39, 0.29) is 18.4 Å². The van der Waals surface area contributed by atoms with Crippen LogP contribution in [0.2, 0.25) is 0 Å². The molecule has 0 aliphatic carbocycles. The molecule has 2 atom stereocenters. The standard InChI is InChI=1S/C11H22O5P/c1-9(2)10(16-17(3,14)15)7-5-4-6-8-11(12)13/h9-10H,3-8H2,1-2H3,(H,12,13)(H,14,15). The number of carboxylic acids is 1. The van der Waals surface area contributed by atoms with Gasteiger partial charge in [0.15, 0.2) is 0 Å². The summed E-state index contributed by atoms with van der Waals surface area (Å²) in [5, 5.41) is 8.46. The summed E-state index contributed by atoms with van der Waals surface area (Å²) in [6.45, 7) is 6.90. The fraction of sp³-hybridized carbons (Fsp3) is 0.818. The molecule has 1 radical (unpaired) electrons. The second-order valence-electron chi connectivity index (χ2n) is 4.52. The molecule has 0 aromatic heterocycles. The summed E-state index contributed by atoms with van der Waals surface area (Å²) < 4.78 is 16.1. The molecule has 0 aromatic rings. The minimum absolute atomic E-state index is 0.136. The van der Waals surface area contributed by atoms with Crippen LogP contribution in [0.4, 0.5) is 0 Å². The highest BCUT2D eigenvalue weighted by Crippen LogP contribution is 2.43. The quantitative estimate of drug-likeness (QED) is 0.494. The van der Waals surface area contributed by atoms with Crippen LogP contribution >= 0.6 is 7.60 Å². The van der Waals surface area contributed by atoms with Gasteiger partial charge in [0.2, 0.25) is 0 Å². The Hall–Kier alpha value is -0.380. The Morgan fingerprint density at radius 3 is 2.35 bits per heavy atom. The SMILES string of the molecule is [CH2]P(=O)(O)OC(CCCCCC(=O)O)C(C)C. The predicted molar refractivity (Wildman–Crippen MR) is 65.6 cm³/mol. The lowest BCUT2D eigenvalue weighted by Crippen LogP contribution is -2.18. The maximum absolute atomic E-state index is 11.1. The van der Waals surface area contributed by atoms with Gasteiger partial charge in [0.05, 0.1) is 12.8 Å². The lowest BCUT2D eigenvalue weighted by atomic mass is 10.0. The molecule has 0 heterocycles. The zero-order chi connectivity index (χ0) is 13.5. The van der Waals surface area contributed by atoms with Crippen molar-refractivity contribution >= 4 is 13.6 Å². The first-order chi connectivity index (χ1) is 7.72. The molecule has 5 nitrogen and oxygen atoms in total. The highest BCUT2D eigenvalue weighted by Gasteiger charge is 2.21. The number of carboxylic acid groups (broad SMARTS) is 1. The van der Waals surface area contributed by atoms with Crippen LogP contribution in [0.25, 0.3) is 0 Å². The van der Waals surface area contributed by atoms with Gasteiger partial charge in [0.25, 0.3) is 0 Å². The number of carbonyl (C=O) groups is 1. The molecule has 0 spiro atoms. The number of aliphatic carboxylic acids is 1. The summed E-state index contributed by atoms with van der Waals surface area (Å²) in [5.41, 5.74) is 0. The third kappa shape index (κ3) is 10.5. The van der Waals surface area contributed by atoms with Gasteiger partial charge in [-0.05, 0) is 18.8 Å². The monoisotopic (exact) mass is 265 g/mol. The molecule has 0 saturated carbocycles. The van der Waals surface area contributed by atoms with E-state index in [4.69, 9.17) is 14.5 Å². The molecule has 0 rings (SSSR count). The van der Waals surface area contributed by atoms with Crippen LogP contribution in [0.15, 0.2) is 0 Å². The van der Waals surface area contributed by atoms with E-state index in [1.54, 1.807) is 0 Å². The van der Waals surface area contributed by atoms with Gasteiger partial charge in [0.1, 0.15) is 0 Å². The van der Waals surface area contributed by atoms with E-state index in [9.17, 15) is 9.36 Å². The fourth-order valence-electron chi connectivity index (χ4n) is 1.52. The zero-order valence-electron chi connectivity index (χ0n) is 10.5. The van der Waals surface area contributed by atoms with Crippen LogP contribution in [0.3, 0.4) is 0 Å². The van der Waals surface area contributed by atoms with Crippen molar-refractivity contribution in [3.8, 4) is 0 Å². The maximum Gasteiger partial charge on any atom is 0.329 e. The van der Waals surface area contributed by atoms with Gasteiger partial charge in [0, 0.05) is 6.42 Å². The molecule has 0 bridgehead atoms. The summed E-state index contributed by atoms with van der Waals surface area (Å²) in [5.74, 6) is -0.657. The Labute approximate surface area is 103 Å². The molecular formula is C11H22O5P. The summed E-state index contributed by atoms with van der Waals surface area (Å²) in [6.07, 6.45) is 2.72. The minimum atomic E-state index is -3.69. The van der Waals surface area contributed by atoms with Gasteiger partial charge in [-0.15, -0.1) is 0 Å². The summed E-state index contributed by atoms with van der Waals surface area (Å²) >= 11 is 0. The van der Waals surface area contributed by atoms with Crippen LogP contribution < -0.4 is 0 Å². The van der Waals surface area contributed by atoms with E-state index in [0.29, 0.717) is 12.8 Å². The first-order valence-corrected chi connectivity index (χ1v) is 7.56. The van der Waals surface area contributed by atoms with Gasteiger partial charge in [-0.2, -0.15) is 0 Å². The highest BCUT2D eigenvalue weighted by molar-refractivity contribution is 7.54. The van der Waals surface area contributed by atoms with Gasteiger partial charge >= 0.3 is 13.6 Å². The van der Waals surface area contributed by atoms with Gasteiger partial charge in [-0.3, -0.25) is 9.36 Å². The van der Waals surface area contributed by atoms with Crippen LogP contribution in [0.1, 0.15) is 46.0 Å². The Balaban J connectivity index is 3.86. The van der Waals surface area contributed by atoms with E-state index in [2.05, 4.69) is 6.66 Å². The van der Waals surface area contributed by atoms with Crippen molar-refractivity contribution in [2.75, 3.05) is 0 Å². The normalized spacial score (nSPS) is 16.8. The largest absolute Gasteiger partial charge is 0.481 e. The first kappa shape index (κ1) is 16.6. The molecular weight excluding hydrogens is 243 g/mol. The molecule has 101 valence electrons. The number of rotatable bonds is 9. The van der Waals surface area contributed by atoms with E-state index in [1.165, 1.54) is 0 Å². The molecule has 0 amide bonds. The first-order valence-electron chi connectivity index (χ1n) is 5.79. The van der Waals surface area contributed by atoms with Gasteiger partial charge in [-0.1, -0.05) is 26.7 Å². The molecule has 0 aliphatic heterocycles. The maximum atomic E-state index is 11.1. The second-order valence-corrected chi connectivity index (χ2v) is 6.00. The van der Waals surface area contributed by atoms with E-state index >= 15 is 0 Å². The average molecular weight is 265 g/mol. The fourth-order valence-corrected chi connectivity index (χ4v) is 2.29. The Kier molecular flexibility index (Phi) is 7.68. The summed E-state index contributed by atoms with van der Waals surface area (Å²) in [6, 6.07) is 0. The smallest absolute Gasteiger partial charge is 0.329 e. The number of unbranched alkanes of at least 4 members (excludes halogenated alkanes) is 2. The third-order valence-electron chi connectivity index (χ3n) is 2.42. The summed E-state index contributed by atoms with van der Waals surface area (Å²) in [4.78, 5) is 19.3. The minimum Gasteiger partial charge on any atom is -0.481 e. The molecule has 2 N–H and O–H groups in total. The van der Waals surface area contributed by atoms with Crippen molar-refractivity contribution in [3.63, 3.8) is 0 Å². The van der Waals surface area contributed by atoms with Gasteiger partial charge in [-0.25, -0.2) is 0 Å². The van der Waals surface area contributed by atoms with Crippen molar-refractivity contribution < 1.29 is 23.9 Å². The lowest BCUT2D eigenvalue weighted by Gasteiger charge is -2.22.